The summed E-state index contributed by atoms with van der Waals surface area (Å²) in [5.74, 6) is 1.46. The van der Waals surface area contributed by atoms with Crippen LogP contribution < -0.4 is 9.47 Å². The van der Waals surface area contributed by atoms with E-state index >= 15 is 0 Å². The Hall–Kier alpha value is -3.33. The van der Waals surface area contributed by atoms with Crippen LogP contribution in [0.3, 0.4) is 0 Å². The van der Waals surface area contributed by atoms with Gasteiger partial charge in [-0.05, 0) is 48.7 Å². The van der Waals surface area contributed by atoms with Crippen molar-refractivity contribution in [1.29, 1.82) is 0 Å². The lowest BCUT2D eigenvalue weighted by Crippen LogP contribution is -1.98. The zero-order valence-corrected chi connectivity index (χ0v) is 15.4. The molecule has 0 spiro atoms. The molecule has 27 heavy (non-hydrogen) atoms. The third-order valence-corrected chi connectivity index (χ3v) is 4.64. The first kappa shape index (κ1) is 17.1. The largest absolute Gasteiger partial charge is 0.489 e. The van der Waals surface area contributed by atoms with Gasteiger partial charge in [0.2, 0.25) is 5.78 Å². The van der Waals surface area contributed by atoms with Gasteiger partial charge < -0.3 is 9.47 Å². The van der Waals surface area contributed by atoms with E-state index in [0.717, 1.165) is 16.7 Å². The Bertz CT molecular complexity index is 1050. The summed E-state index contributed by atoms with van der Waals surface area (Å²) in [4.78, 5) is 12.6. The molecule has 0 bridgehead atoms. The summed E-state index contributed by atoms with van der Waals surface area (Å²) in [5.41, 5.74) is 4.97. The van der Waals surface area contributed by atoms with Gasteiger partial charge in [0, 0.05) is 6.07 Å². The van der Waals surface area contributed by atoms with Gasteiger partial charge in [0.25, 0.3) is 0 Å². The Kier molecular flexibility index (Phi) is 4.51. The van der Waals surface area contributed by atoms with E-state index in [1.54, 1.807) is 18.2 Å². The van der Waals surface area contributed by atoms with Crippen molar-refractivity contribution in [2.24, 2.45) is 0 Å². The molecular formula is C24H20O3. The predicted octanol–water partition coefficient (Wildman–Crippen LogP) is 5.50. The van der Waals surface area contributed by atoms with Gasteiger partial charge in [0.1, 0.15) is 18.1 Å². The summed E-state index contributed by atoms with van der Waals surface area (Å²) >= 11 is 0. The van der Waals surface area contributed by atoms with Gasteiger partial charge >= 0.3 is 0 Å². The van der Waals surface area contributed by atoms with Crippen molar-refractivity contribution in [2.75, 3.05) is 0 Å². The molecule has 0 radical (unpaired) electrons. The minimum Gasteiger partial charge on any atom is -0.489 e. The minimum absolute atomic E-state index is 0.100. The highest BCUT2D eigenvalue weighted by atomic mass is 16.5. The summed E-state index contributed by atoms with van der Waals surface area (Å²) in [6.45, 7) is 4.56. The van der Waals surface area contributed by atoms with Crippen molar-refractivity contribution < 1.29 is 14.3 Å². The molecule has 1 aliphatic rings. The van der Waals surface area contributed by atoms with Gasteiger partial charge in [-0.15, -0.1) is 0 Å². The summed E-state index contributed by atoms with van der Waals surface area (Å²) in [7, 11) is 0. The zero-order valence-electron chi connectivity index (χ0n) is 15.4. The Morgan fingerprint density at radius 1 is 0.963 bits per heavy atom. The van der Waals surface area contributed by atoms with Crippen molar-refractivity contribution in [1.82, 2.24) is 0 Å². The molecule has 0 aliphatic carbocycles. The third kappa shape index (κ3) is 3.63. The SMILES string of the molecule is Cc1cccc(/C=C2\Oc3cc(OCc4ccccc4C)ccc3C2=O)c1. The number of Topliss-reactive ketones (excluding diaryl/α,β-unsaturated/α-hetero) is 1. The molecule has 0 atom stereocenters. The molecule has 0 N–H and O–H groups in total. The van der Waals surface area contributed by atoms with Gasteiger partial charge in [-0.3, -0.25) is 4.79 Å². The quantitative estimate of drug-likeness (QED) is 0.579. The molecule has 0 aromatic heterocycles. The van der Waals surface area contributed by atoms with Gasteiger partial charge in [-0.25, -0.2) is 0 Å². The van der Waals surface area contributed by atoms with Crippen molar-refractivity contribution >= 4 is 11.9 Å². The van der Waals surface area contributed by atoms with Crippen LogP contribution in [-0.2, 0) is 6.61 Å². The van der Waals surface area contributed by atoms with E-state index in [-0.39, 0.29) is 5.78 Å². The van der Waals surface area contributed by atoms with E-state index < -0.39 is 0 Å². The first-order chi connectivity index (χ1) is 13.1. The number of fused-ring (bicyclic) bond motifs is 1. The van der Waals surface area contributed by atoms with Gasteiger partial charge in [-0.1, -0.05) is 54.1 Å². The Morgan fingerprint density at radius 2 is 1.81 bits per heavy atom. The standard InChI is InChI=1S/C24H20O3/c1-16-6-5-8-18(12-16)13-23-24(25)21-11-10-20(14-22(21)27-23)26-15-19-9-4-3-7-17(19)2/h3-14H,15H2,1-2H3/b23-13-. The number of aryl methyl sites for hydroxylation is 2. The fraction of sp³-hybridized carbons (Fsp3) is 0.125. The molecule has 0 fully saturated rings. The fourth-order valence-corrected chi connectivity index (χ4v) is 3.10. The number of ketones is 1. The lowest BCUT2D eigenvalue weighted by atomic mass is 10.1. The monoisotopic (exact) mass is 356 g/mol. The van der Waals surface area contributed by atoms with E-state index in [2.05, 4.69) is 13.0 Å². The van der Waals surface area contributed by atoms with Gasteiger partial charge in [0.05, 0.1) is 5.56 Å². The number of hydrogen-bond acceptors (Lipinski definition) is 3. The van der Waals surface area contributed by atoms with Crippen LogP contribution in [0.1, 0.15) is 32.6 Å². The highest BCUT2D eigenvalue weighted by molar-refractivity contribution is 6.14. The molecule has 3 nitrogen and oxygen atoms in total. The molecule has 134 valence electrons. The number of hydrogen-bond donors (Lipinski definition) is 0. The van der Waals surface area contributed by atoms with Crippen molar-refractivity contribution in [3.63, 3.8) is 0 Å². The maximum absolute atomic E-state index is 12.6. The Morgan fingerprint density at radius 3 is 2.63 bits per heavy atom. The van der Waals surface area contributed by atoms with Crippen LogP contribution in [0.2, 0.25) is 0 Å². The van der Waals surface area contributed by atoms with Crippen LogP contribution >= 0.6 is 0 Å². The predicted molar refractivity (Wildman–Crippen MR) is 106 cm³/mol. The fourth-order valence-electron chi connectivity index (χ4n) is 3.10. The zero-order chi connectivity index (χ0) is 18.8. The second-order valence-electron chi connectivity index (χ2n) is 6.73. The number of ether oxygens (including phenoxy) is 2. The van der Waals surface area contributed by atoms with Crippen LogP contribution in [0, 0.1) is 13.8 Å². The van der Waals surface area contributed by atoms with Crippen molar-refractivity contribution in [2.45, 2.75) is 20.5 Å². The number of benzene rings is 3. The van der Waals surface area contributed by atoms with Crippen molar-refractivity contribution in [3.05, 3.63) is 100 Å². The molecule has 0 unspecified atom stereocenters. The summed E-state index contributed by atoms with van der Waals surface area (Å²) in [6, 6.07) is 21.4. The average molecular weight is 356 g/mol. The number of rotatable bonds is 4. The molecule has 1 aliphatic heterocycles. The molecule has 4 rings (SSSR count). The lowest BCUT2D eigenvalue weighted by molar-refractivity contribution is 0.101. The van der Waals surface area contributed by atoms with E-state index in [1.807, 2.05) is 55.5 Å². The Labute approximate surface area is 158 Å². The summed E-state index contributed by atoms with van der Waals surface area (Å²) in [5, 5.41) is 0. The summed E-state index contributed by atoms with van der Waals surface area (Å²) < 4.78 is 11.7. The first-order valence-corrected chi connectivity index (χ1v) is 8.92. The van der Waals surface area contributed by atoms with E-state index in [4.69, 9.17) is 9.47 Å². The highest BCUT2D eigenvalue weighted by Gasteiger charge is 2.27. The average Bonchev–Trinajstić information content (AvgIpc) is 2.96. The second kappa shape index (κ2) is 7.12. The van der Waals surface area contributed by atoms with Crippen LogP contribution in [-0.4, -0.2) is 5.78 Å². The summed E-state index contributed by atoms with van der Waals surface area (Å²) in [6.07, 6.45) is 1.78. The number of carbonyl (C=O) groups excluding carboxylic acids is 1. The van der Waals surface area contributed by atoms with Crippen LogP contribution in [0.15, 0.2) is 72.5 Å². The third-order valence-electron chi connectivity index (χ3n) is 4.64. The lowest BCUT2D eigenvalue weighted by Gasteiger charge is -2.09. The molecule has 0 saturated heterocycles. The van der Waals surface area contributed by atoms with E-state index in [0.29, 0.717) is 29.4 Å². The van der Waals surface area contributed by atoms with Crippen LogP contribution in [0.5, 0.6) is 11.5 Å². The number of carbonyl (C=O) groups is 1. The van der Waals surface area contributed by atoms with Crippen LogP contribution in [0.4, 0.5) is 0 Å². The normalized spacial score (nSPS) is 14.1. The molecule has 3 aromatic carbocycles. The van der Waals surface area contributed by atoms with Gasteiger partial charge in [-0.2, -0.15) is 0 Å². The maximum Gasteiger partial charge on any atom is 0.231 e. The molecular weight excluding hydrogens is 336 g/mol. The minimum atomic E-state index is -0.100. The van der Waals surface area contributed by atoms with E-state index in [1.165, 1.54) is 5.56 Å². The van der Waals surface area contributed by atoms with Crippen LogP contribution in [0.25, 0.3) is 6.08 Å². The molecule has 1 heterocycles. The smallest absolute Gasteiger partial charge is 0.231 e. The van der Waals surface area contributed by atoms with E-state index in [9.17, 15) is 4.79 Å². The first-order valence-electron chi connectivity index (χ1n) is 8.92. The molecule has 0 amide bonds. The highest BCUT2D eigenvalue weighted by Crippen LogP contribution is 2.35. The topological polar surface area (TPSA) is 35.5 Å². The number of allylic oxidation sites excluding steroid dienone is 1. The maximum atomic E-state index is 12.6. The molecule has 3 heteroatoms. The molecule has 0 saturated carbocycles. The molecule has 3 aromatic rings. The Balaban J connectivity index is 1.53. The van der Waals surface area contributed by atoms with Crippen molar-refractivity contribution in [3.8, 4) is 11.5 Å². The van der Waals surface area contributed by atoms with Gasteiger partial charge in [0.15, 0.2) is 5.76 Å². The second-order valence-corrected chi connectivity index (χ2v) is 6.73.